The van der Waals surface area contributed by atoms with Crippen LogP contribution < -0.4 is 5.32 Å². The molecule has 5 nitrogen and oxygen atoms in total. The highest BCUT2D eigenvalue weighted by Gasteiger charge is 2.18. The lowest BCUT2D eigenvalue weighted by Gasteiger charge is -2.29. The summed E-state index contributed by atoms with van der Waals surface area (Å²) < 4.78 is 2.15. The second-order valence-corrected chi connectivity index (χ2v) is 8.09. The van der Waals surface area contributed by atoms with Crippen LogP contribution in [0.1, 0.15) is 35.9 Å². The number of aromatic nitrogens is 2. The van der Waals surface area contributed by atoms with E-state index >= 15 is 0 Å². The minimum Gasteiger partial charge on any atom is -0.330 e. The molecule has 0 atom stereocenters. The van der Waals surface area contributed by atoms with E-state index in [1.54, 1.807) is 18.2 Å². The summed E-state index contributed by atoms with van der Waals surface area (Å²) in [7, 11) is 2.05. The zero-order chi connectivity index (χ0) is 19.7. The summed E-state index contributed by atoms with van der Waals surface area (Å²) in [5.41, 5.74) is 3.13. The molecule has 1 amide bonds. The number of nitrogens with zero attached hydrogens (tertiary/aromatic N) is 3. The Balaban J connectivity index is 1.53. The number of carbonyl (C=O) groups is 1. The van der Waals surface area contributed by atoms with Crippen LogP contribution in [0.25, 0.3) is 11.0 Å². The predicted molar refractivity (Wildman–Crippen MR) is 114 cm³/mol. The first-order valence-electron chi connectivity index (χ1n) is 9.75. The molecule has 0 unspecified atom stereocenters. The number of aryl methyl sites for hydroxylation is 1. The summed E-state index contributed by atoms with van der Waals surface area (Å²) in [5.74, 6) is 1.66. The number of carbonyl (C=O) groups excluding carboxylic acids is 1. The molecule has 1 fully saturated rings. The van der Waals surface area contributed by atoms with Gasteiger partial charge in [0.1, 0.15) is 5.82 Å². The lowest BCUT2D eigenvalue weighted by atomic mass is 9.99. The number of likely N-dealkylation sites (tertiary alicyclic amines) is 1. The van der Waals surface area contributed by atoms with Crippen molar-refractivity contribution in [1.82, 2.24) is 14.5 Å². The van der Waals surface area contributed by atoms with Crippen LogP contribution in [-0.2, 0) is 13.6 Å². The number of hydrogen-bond acceptors (Lipinski definition) is 3. The van der Waals surface area contributed by atoms with Gasteiger partial charge in [-0.3, -0.25) is 9.69 Å². The van der Waals surface area contributed by atoms with Crippen molar-refractivity contribution in [1.29, 1.82) is 0 Å². The molecule has 1 N–H and O–H groups in total. The maximum atomic E-state index is 12.5. The van der Waals surface area contributed by atoms with Gasteiger partial charge in [-0.25, -0.2) is 4.98 Å². The van der Waals surface area contributed by atoms with E-state index in [0.717, 1.165) is 42.4 Å². The molecule has 6 heteroatoms. The van der Waals surface area contributed by atoms with Crippen LogP contribution in [0, 0.1) is 5.92 Å². The highest BCUT2D eigenvalue weighted by molar-refractivity contribution is 6.34. The van der Waals surface area contributed by atoms with Gasteiger partial charge in [-0.05, 0) is 62.2 Å². The van der Waals surface area contributed by atoms with Gasteiger partial charge >= 0.3 is 0 Å². The highest BCUT2D eigenvalue weighted by atomic mass is 35.5. The molecule has 0 radical (unpaired) electrons. The molecule has 0 spiro atoms. The van der Waals surface area contributed by atoms with Crippen LogP contribution in [0.5, 0.6) is 0 Å². The molecule has 4 rings (SSSR count). The average molecular weight is 397 g/mol. The van der Waals surface area contributed by atoms with Crippen molar-refractivity contribution in [3.8, 4) is 0 Å². The number of anilines is 1. The van der Waals surface area contributed by atoms with Crippen molar-refractivity contribution < 1.29 is 4.79 Å². The van der Waals surface area contributed by atoms with Gasteiger partial charge in [0.05, 0.1) is 28.2 Å². The molecular weight excluding hydrogens is 372 g/mol. The van der Waals surface area contributed by atoms with Gasteiger partial charge in [0.25, 0.3) is 5.91 Å². The zero-order valence-electron chi connectivity index (χ0n) is 16.3. The fourth-order valence-corrected chi connectivity index (χ4v) is 3.95. The van der Waals surface area contributed by atoms with E-state index in [0.29, 0.717) is 16.3 Å². The molecule has 2 heterocycles. The smallest absolute Gasteiger partial charge is 0.257 e. The predicted octanol–water partition coefficient (Wildman–Crippen LogP) is 4.71. The van der Waals surface area contributed by atoms with Crippen LogP contribution in [0.3, 0.4) is 0 Å². The molecule has 0 saturated carbocycles. The Morgan fingerprint density at radius 3 is 2.71 bits per heavy atom. The molecular formula is C22H25ClN4O. The van der Waals surface area contributed by atoms with Crippen LogP contribution in [0.15, 0.2) is 42.5 Å². The Hall–Kier alpha value is -2.37. The molecule has 2 aromatic carbocycles. The number of nitrogens with one attached hydrogen (secondary N) is 1. The van der Waals surface area contributed by atoms with Crippen molar-refractivity contribution >= 4 is 34.2 Å². The second-order valence-electron chi connectivity index (χ2n) is 7.68. The number of amides is 1. The number of halogens is 1. The van der Waals surface area contributed by atoms with E-state index in [1.807, 2.05) is 24.3 Å². The molecule has 1 aromatic heterocycles. The van der Waals surface area contributed by atoms with E-state index in [-0.39, 0.29) is 5.91 Å². The minimum atomic E-state index is -0.219. The Labute approximate surface area is 170 Å². The lowest BCUT2D eigenvalue weighted by molar-refractivity contribution is 0.102. The summed E-state index contributed by atoms with van der Waals surface area (Å²) in [5, 5.41) is 3.36. The maximum Gasteiger partial charge on any atom is 0.257 e. The summed E-state index contributed by atoms with van der Waals surface area (Å²) in [6.07, 6.45) is 2.50. The Morgan fingerprint density at radius 2 is 1.96 bits per heavy atom. The number of benzene rings is 2. The average Bonchev–Trinajstić information content (AvgIpc) is 2.99. The van der Waals surface area contributed by atoms with E-state index in [9.17, 15) is 4.79 Å². The van der Waals surface area contributed by atoms with Crippen molar-refractivity contribution in [2.24, 2.45) is 13.0 Å². The lowest BCUT2D eigenvalue weighted by Crippen LogP contribution is -2.33. The largest absolute Gasteiger partial charge is 0.330 e. The number of fused-ring (bicyclic) bond motifs is 1. The Morgan fingerprint density at radius 1 is 1.21 bits per heavy atom. The van der Waals surface area contributed by atoms with E-state index < -0.39 is 0 Å². The summed E-state index contributed by atoms with van der Waals surface area (Å²) in [4.78, 5) is 19.8. The van der Waals surface area contributed by atoms with Crippen molar-refractivity contribution in [2.45, 2.75) is 26.3 Å². The third-order valence-corrected chi connectivity index (χ3v) is 5.92. The van der Waals surface area contributed by atoms with Crippen LogP contribution >= 0.6 is 11.6 Å². The van der Waals surface area contributed by atoms with Crippen LogP contribution in [0.4, 0.5) is 5.69 Å². The number of rotatable bonds is 4. The van der Waals surface area contributed by atoms with Crippen molar-refractivity contribution in [3.63, 3.8) is 0 Å². The molecule has 0 aliphatic carbocycles. The minimum absolute atomic E-state index is 0.219. The highest BCUT2D eigenvalue weighted by Crippen LogP contribution is 2.23. The van der Waals surface area contributed by atoms with E-state index in [1.165, 1.54) is 12.8 Å². The molecule has 0 bridgehead atoms. The monoisotopic (exact) mass is 396 g/mol. The van der Waals surface area contributed by atoms with Gasteiger partial charge in [0.15, 0.2) is 0 Å². The third-order valence-electron chi connectivity index (χ3n) is 5.59. The van der Waals surface area contributed by atoms with Crippen molar-refractivity contribution in [2.75, 3.05) is 18.4 Å². The standard InChI is InChI=1S/C22H25ClN4O/c1-15-9-11-27(12-10-15)14-21-25-19-13-16(7-8-20(19)26(21)2)24-22(28)17-5-3-4-6-18(17)23/h3-8,13,15H,9-12,14H2,1-2H3,(H,24,28). The molecule has 1 aliphatic rings. The van der Waals surface area contributed by atoms with Gasteiger partial charge in [0, 0.05) is 12.7 Å². The van der Waals surface area contributed by atoms with E-state index in [4.69, 9.17) is 16.6 Å². The zero-order valence-corrected chi connectivity index (χ0v) is 17.0. The second kappa shape index (κ2) is 7.94. The first-order chi connectivity index (χ1) is 13.5. The summed E-state index contributed by atoms with van der Waals surface area (Å²) in [6, 6.07) is 12.9. The van der Waals surface area contributed by atoms with Gasteiger partial charge in [0.2, 0.25) is 0 Å². The van der Waals surface area contributed by atoms with E-state index in [2.05, 4.69) is 28.8 Å². The van der Waals surface area contributed by atoms with Crippen LogP contribution in [-0.4, -0.2) is 33.4 Å². The molecule has 1 saturated heterocycles. The Kier molecular flexibility index (Phi) is 5.38. The fraction of sp³-hybridized carbons (Fsp3) is 0.364. The van der Waals surface area contributed by atoms with Gasteiger partial charge in [-0.2, -0.15) is 0 Å². The van der Waals surface area contributed by atoms with Gasteiger partial charge in [-0.15, -0.1) is 0 Å². The first-order valence-corrected chi connectivity index (χ1v) is 10.1. The van der Waals surface area contributed by atoms with Gasteiger partial charge < -0.3 is 9.88 Å². The number of piperidine rings is 1. The molecule has 28 heavy (non-hydrogen) atoms. The summed E-state index contributed by atoms with van der Waals surface area (Å²) in [6.45, 7) is 5.44. The molecule has 1 aliphatic heterocycles. The van der Waals surface area contributed by atoms with Crippen LogP contribution in [0.2, 0.25) is 5.02 Å². The Bertz CT molecular complexity index is 1000. The molecule has 3 aromatic rings. The number of imidazole rings is 1. The third kappa shape index (κ3) is 3.91. The topological polar surface area (TPSA) is 50.2 Å². The molecule has 146 valence electrons. The fourth-order valence-electron chi connectivity index (χ4n) is 3.73. The normalized spacial score (nSPS) is 15.8. The summed E-state index contributed by atoms with van der Waals surface area (Å²) >= 11 is 6.12. The number of hydrogen-bond donors (Lipinski definition) is 1. The van der Waals surface area contributed by atoms with Crippen molar-refractivity contribution in [3.05, 3.63) is 58.9 Å². The maximum absolute atomic E-state index is 12.5. The SMILES string of the molecule is CC1CCN(Cc2nc3cc(NC(=O)c4ccccc4Cl)ccc3n2C)CC1. The van der Waals surface area contributed by atoms with Gasteiger partial charge in [-0.1, -0.05) is 30.7 Å². The quantitative estimate of drug-likeness (QED) is 0.694. The first kappa shape index (κ1) is 19.0.